The van der Waals surface area contributed by atoms with Gasteiger partial charge in [0.05, 0.1) is 18.4 Å². The van der Waals surface area contributed by atoms with Crippen molar-refractivity contribution in [2.75, 3.05) is 11.9 Å². The molecule has 0 saturated heterocycles. The summed E-state index contributed by atoms with van der Waals surface area (Å²) in [7, 11) is 1.27. The summed E-state index contributed by atoms with van der Waals surface area (Å²) < 4.78 is 52.9. The molecule has 0 unspecified atom stereocenters. The zero-order chi connectivity index (χ0) is 14.0. The molecule has 0 aliphatic rings. The van der Waals surface area contributed by atoms with Crippen LogP contribution in [0.4, 0.5) is 23.2 Å². The number of hydrogen-bond acceptors (Lipinski definition) is 4. The Morgan fingerprint density at radius 3 is 2.21 bits per heavy atom. The highest BCUT2D eigenvalue weighted by molar-refractivity contribution is 5.47. The van der Waals surface area contributed by atoms with Gasteiger partial charge in [-0.05, 0) is 0 Å². The van der Waals surface area contributed by atoms with Gasteiger partial charge in [-0.2, -0.15) is 22.5 Å². The fourth-order valence-corrected chi connectivity index (χ4v) is 1.54. The van der Waals surface area contributed by atoms with Gasteiger partial charge in [-0.1, -0.05) is 0 Å². The smallest absolute Gasteiger partial charge is 0.253 e. The SMILES string of the molecule is CN(Cc1cnccn1)c1c(F)c(F)nc(F)c1F. The zero-order valence-corrected chi connectivity index (χ0v) is 9.74. The fourth-order valence-electron chi connectivity index (χ4n) is 1.54. The van der Waals surface area contributed by atoms with E-state index < -0.39 is 29.2 Å². The van der Waals surface area contributed by atoms with E-state index in [9.17, 15) is 17.6 Å². The normalized spacial score (nSPS) is 10.6. The van der Waals surface area contributed by atoms with E-state index in [0.29, 0.717) is 5.69 Å². The van der Waals surface area contributed by atoms with Crippen LogP contribution in [0.2, 0.25) is 0 Å². The first-order chi connectivity index (χ1) is 9.00. The quantitative estimate of drug-likeness (QED) is 0.633. The van der Waals surface area contributed by atoms with E-state index >= 15 is 0 Å². The van der Waals surface area contributed by atoms with Crippen LogP contribution in [0.15, 0.2) is 18.6 Å². The lowest BCUT2D eigenvalue weighted by atomic mass is 10.3. The summed E-state index contributed by atoms with van der Waals surface area (Å²) in [6.45, 7) is -0.0649. The van der Waals surface area contributed by atoms with Gasteiger partial charge in [0.25, 0.3) is 11.9 Å². The van der Waals surface area contributed by atoms with E-state index in [1.54, 1.807) is 0 Å². The summed E-state index contributed by atoms with van der Waals surface area (Å²) in [5.41, 5.74) is -0.447. The Bertz CT molecular complexity index is 565. The molecule has 0 aromatic carbocycles. The van der Waals surface area contributed by atoms with Gasteiger partial charge in [-0.15, -0.1) is 0 Å². The van der Waals surface area contributed by atoms with Crippen molar-refractivity contribution in [3.8, 4) is 0 Å². The maximum atomic E-state index is 13.5. The van der Waals surface area contributed by atoms with Gasteiger partial charge in [-0.25, -0.2) is 0 Å². The van der Waals surface area contributed by atoms with Crippen LogP contribution in [-0.2, 0) is 6.54 Å². The van der Waals surface area contributed by atoms with E-state index in [0.717, 1.165) is 4.90 Å². The Hall–Kier alpha value is -2.25. The predicted octanol–water partition coefficient (Wildman–Crippen LogP) is 2.06. The highest BCUT2D eigenvalue weighted by Gasteiger charge is 2.23. The van der Waals surface area contributed by atoms with Gasteiger partial charge in [-0.3, -0.25) is 9.97 Å². The number of rotatable bonds is 3. The van der Waals surface area contributed by atoms with Gasteiger partial charge in [0.2, 0.25) is 11.6 Å². The monoisotopic (exact) mass is 272 g/mol. The molecule has 4 nitrogen and oxygen atoms in total. The molecule has 0 atom stereocenters. The van der Waals surface area contributed by atoms with Crippen LogP contribution < -0.4 is 4.90 Å². The molecular weight excluding hydrogens is 264 g/mol. The van der Waals surface area contributed by atoms with Crippen LogP contribution in [0.25, 0.3) is 0 Å². The molecule has 0 amide bonds. The lowest BCUT2D eigenvalue weighted by molar-refractivity contribution is 0.406. The Balaban J connectivity index is 2.36. The summed E-state index contributed by atoms with van der Waals surface area (Å²) >= 11 is 0. The first-order valence-electron chi connectivity index (χ1n) is 5.16. The third-order valence-electron chi connectivity index (χ3n) is 2.37. The molecule has 0 aliphatic carbocycles. The molecule has 2 heterocycles. The lowest BCUT2D eigenvalue weighted by Gasteiger charge is -2.19. The van der Waals surface area contributed by atoms with Crippen molar-refractivity contribution in [2.45, 2.75) is 6.54 Å². The van der Waals surface area contributed by atoms with Crippen molar-refractivity contribution in [1.29, 1.82) is 0 Å². The molecule has 0 fully saturated rings. The van der Waals surface area contributed by atoms with E-state index in [1.807, 2.05) is 0 Å². The molecule has 0 N–H and O–H groups in total. The van der Waals surface area contributed by atoms with Gasteiger partial charge in [0.15, 0.2) is 0 Å². The minimum absolute atomic E-state index is 0.0649. The highest BCUT2D eigenvalue weighted by atomic mass is 19.2. The van der Waals surface area contributed by atoms with Crippen molar-refractivity contribution in [2.24, 2.45) is 0 Å². The van der Waals surface area contributed by atoms with E-state index in [4.69, 9.17) is 0 Å². The Labute approximate surface area is 105 Å². The van der Waals surface area contributed by atoms with E-state index in [2.05, 4.69) is 15.0 Å². The average molecular weight is 272 g/mol. The van der Waals surface area contributed by atoms with Crippen molar-refractivity contribution in [3.05, 3.63) is 47.8 Å². The number of aromatic nitrogens is 3. The van der Waals surface area contributed by atoms with Crippen molar-refractivity contribution in [3.63, 3.8) is 0 Å². The second-order valence-electron chi connectivity index (χ2n) is 3.72. The maximum Gasteiger partial charge on any atom is 0.253 e. The first kappa shape index (κ1) is 13.2. The predicted molar refractivity (Wildman–Crippen MR) is 58.2 cm³/mol. The number of pyridine rings is 1. The van der Waals surface area contributed by atoms with E-state index in [1.165, 1.54) is 25.6 Å². The molecule has 2 aromatic rings. The molecule has 0 saturated carbocycles. The van der Waals surface area contributed by atoms with Crippen molar-refractivity contribution in [1.82, 2.24) is 15.0 Å². The molecule has 2 rings (SSSR count). The largest absolute Gasteiger partial charge is 0.364 e. The highest BCUT2D eigenvalue weighted by Crippen LogP contribution is 2.25. The number of nitrogens with zero attached hydrogens (tertiary/aromatic N) is 4. The minimum atomic E-state index is -1.69. The van der Waals surface area contributed by atoms with Gasteiger partial charge in [0, 0.05) is 19.4 Å². The fraction of sp³-hybridized carbons (Fsp3) is 0.182. The van der Waals surface area contributed by atoms with Crippen LogP contribution >= 0.6 is 0 Å². The third kappa shape index (κ3) is 2.61. The summed E-state index contributed by atoms with van der Waals surface area (Å²) in [6.07, 6.45) is 4.19. The zero-order valence-electron chi connectivity index (χ0n) is 9.74. The Morgan fingerprint density at radius 1 is 1.05 bits per heavy atom. The average Bonchev–Trinajstić information content (AvgIpc) is 2.38. The van der Waals surface area contributed by atoms with Crippen LogP contribution in [0.5, 0.6) is 0 Å². The van der Waals surface area contributed by atoms with Crippen molar-refractivity contribution < 1.29 is 17.6 Å². The summed E-state index contributed by atoms with van der Waals surface area (Å²) in [5, 5.41) is 0. The summed E-state index contributed by atoms with van der Waals surface area (Å²) in [4.78, 5) is 11.1. The van der Waals surface area contributed by atoms with Crippen LogP contribution in [0.3, 0.4) is 0 Å². The molecule has 8 heteroatoms. The van der Waals surface area contributed by atoms with Crippen LogP contribution in [-0.4, -0.2) is 22.0 Å². The molecule has 2 aromatic heterocycles. The summed E-state index contributed by atoms with van der Waals surface area (Å²) in [6, 6.07) is 0. The topological polar surface area (TPSA) is 41.9 Å². The number of hydrogen-bond donors (Lipinski definition) is 0. The molecule has 0 radical (unpaired) electrons. The number of halogens is 4. The van der Waals surface area contributed by atoms with Crippen LogP contribution in [0, 0.1) is 23.5 Å². The standard InChI is InChI=1S/C11H8F4N4/c1-19(5-6-4-16-2-3-17-6)9-7(12)10(14)18-11(15)8(9)13/h2-4H,5H2,1H3. The second-order valence-corrected chi connectivity index (χ2v) is 3.72. The maximum absolute atomic E-state index is 13.5. The van der Waals surface area contributed by atoms with Gasteiger partial charge >= 0.3 is 0 Å². The number of anilines is 1. The van der Waals surface area contributed by atoms with Crippen molar-refractivity contribution >= 4 is 5.69 Å². The lowest BCUT2D eigenvalue weighted by Crippen LogP contribution is -2.22. The molecule has 0 bridgehead atoms. The molecule has 19 heavy (non-hydrogen) atoms. The van der Waals surface area contributed by atoms with Gasteiger partial charge < -0.3 is 4.90 Å². The first-order valence-corrected chi connectivity index (χ1v) is 5.16. The third-order valence-corrected chi connectivity index (χ3v) is 2.37. The Kier molecular flexibility index (Phi) is 3.59. The minimum Gasteiger partial charge on any atom is -0.364 e. The Morgan fingerprint density at radius 2 is 1.68 bits per heavy atom. The second kappa shape index (κ2) is 5.17. The van der Waals surface area contributed by atoms with Gasteiger partial charge in [0.1, 0.15) is 5.69 Å². The molecule has 100 valence electrons. The molecule has 0 aliphatic heterocycles. The molecular formula is C11H8F4N4. The molecule has 0 spiro atoms. The van der Waals surface area contributed by atoms with Crippen LogP contribution in [0.1, 0.15) is 5.69 Å². The summed E-state index contributed by atoms with van der Waals surface area (Å²) in [5.74, 6) is -6.49. The van der Waals surface area contributed by atoms with E-state index in [-0.39, 0.29) is 6.54 Å².